The Morgan fingerprint density at radius 1 is 1.25 bits per heavy atom. The molecule has 0 radical (unpaired) electrons. The number of hydrogen-bond donors (Lipinski definition) is 1. The van der Waals surface area contributed by atoms with Crippen molar-refractivity contribution < 1.29 is 9.59 Å². The van der Waals surface area contributed by atoms with E-state index in [9.17, 15) is 9.59 Å². The van der Waals surface area contributed by atoms with Gasteiger partial charge in [0.25, 0.3) is 0 Å². The lowest BCUT2D eigenvalue weighted by molar-refractivity contribution is -0.118. The van der Waals surface area contributed by atoms with E-state index < -0.39 is 5.91 Å². The topological polar surface area (TPSA) is 66.6 Å². The molecule has 0 heterocycles. The van der Waals surface area contributed by atoms with Crippen LogP contribution in [0, 0.1) is 0 Å². The molecule has 0 atom stereocenters. The van der Waals surface area contributed by atoms with E-state index in [1.165, 1.54) is 9.80 Å². The van der Waals surface area contributed by atoms with Gasteiger partial charge in [0.05, 0.1) is 0 Å². The molecule has 0 aliphatic rings. The van der Waals surface area contributed by atoms with Gasteiger partial charge in [-0.25, -0.2) is 4.79 Å². The summed E-state index contributed by atoms with van der Waals surface area (Å²) in [7, 11) is 3.21. The number of carbonyl (C=O) groups is 2. The first-order chi connectivity index (χ1) is 5.49. The molecule has 5 nitrogen and oxygen atoms in total. The Balaban J connectivity index is 4.01. The number of amides is 3. The molecule has 0 aromatic rings. The molecule has 0 aliphatic heterocycles. The second-order valence-electron chi connectivity index (χ2n) is 2.62. The van der Waals surface area contributed by atoms with E-state index in [2.05, 4.69) is 0 Å². The summed E-state index contributed by atoms with van der Waals surface area (Å²) in [6.45, 7) is 2.43. The van der Waals surface area contributed by atoms with Crippen LogP contribution in [0.5, 0.6) is 0 Å². The third kappa shape index (κ3) is 3.23. The van der Waals surface area contributed by atoms with Crippen LogP contribution < -0.4 is 5.73 Å². The summed E-state index contributed by atoms with van der Waals surface area (Å²) < 4.78 is 0. The Morgan fingerprint density at radius 2 is 1.75 bits per heavy atom. The minimum Gasteiger partial charge on any atom is -0.368 e. The fourth-order valence-electron chi connectivity index (χ4n) is 0.728. The Hall–Kier alpha value is -1.26. The van der Waals surface area contributed by atoms with Gasteiger partial charge in [0.1, 0.15) is 6.54 Å². The fraction of sp³-hybridized carbons (Fsp3) is 0.714. The number of urea groups is 1. The Morgan fingerprint density at radius 3 is 2.08 bits per heavy atom. The van der Waals surface area contributed by atoms with E-state index in [0.717, 1.165) is 0 Å². The third-order valence-electron chi connectivity index (χ3n) is 1.52. The smallest absolute Gasteiger partial charge is 0.319 e. The number of rotatable bonds is 3. The normalized spacial score (nSPS) is 9.25. The average molecular weight is 173 g/mol. The Bertz CT molecular complexity index is 181. The van der Waals surface area contributed by atoms with Gasteiger partial charge in [-0.1, -0.05) is 0 Å². The molecule has 0 bridgehead atoms. The predicted molar refractivity (Wildman–Crippen MR) is 45.5 cm³/mol. The van der Waals surface area contributed by atoms with Gasteiger partial charge in [-0.05, 0) is 6.92 Å². The highest BCUT2D eigenvalue weighted by atomic mass is 16.2. The lowest BCUT2D eigenvalue weighted by Crippen LogP contribution is -2.42. The second-order valence-corrected chi connectivity index (χ2v) is 2.62. The predicted octanol–water partition coefficient (Wildman–Crippen LogP) is -0.525. The zero-order chi connectivity index (χ0) is 9.72. The van der Waals surface area contributed by atoms with Gasteiger partial charge in [0.15, 0.2) is 0 Å². The maximum absolute atomic E-state index is 11.3. The highest BCUT2D eigenvalue weighted by Gasteiger charge is 2.13. The largest absolute Gasteiger partial charge is 0.368 e. The fourth-order valence-corrected chi connectivity index (χ4v) is 0.728. The molecule has 3 amide bonds. The molecule has 70 valence electrons. The van der Waals surface area contributed by atoms with E-state index in [1.807, 2.05) is 6.92 Å². The maximum Gasteiger partial charge on any atom is 0.319 e. The molecule has 0 fully saturated rings. The quantitative estimate of drug-likeness (QED) is 0.623. The zero-order valence-electron chi connectivity index (χ0n) is 7.70. The molecule has 0 aromatic heterocycles. The van der Waals surface area contributed by atoms with Crippen molar-refractivity contribution in [3.8, 4) is 0 Å². The molecular weight excluding hydrogens is 158 g/mol. The number of primary amides is 1. The van der Waals surface area contributed by atoms with Crippen LogP contribution in [0.1, 0.15) is 6.92 Å². The minimum absolute atomic E-state index is 0.0385. The van der Waals surface area contributed by atoms with Gasteiger partial charge in [-0.3, -0.25) is 4.79 Å². The van der Waals surface area contributed by atoms with Crippen LogP contribution in [-0.2, 0) is 4.79 Å². The van der Waals surface area contributed by atoms with Crippen LogP contribution in [0.3, 0.4) is 0 Å². The van der Waals surface area contributed by atoms with Crippen LogP contribution >= 0.6 is 0 Å². The molecular formula is C7H15N3O2. The average Bonchev–Trinajstić information content (AvgIpc) is 2.00. The molecule has 12 heavy (non-hydrogen) atoms. The summed E-state index contributed by atoms with van der Waals surface area (Å²) in [5.41, 5.74) is 4.92. The van der Waals surface area contributed by atoms with Crippen LogP contribution in [0.15, 0.2) is 0 Å². The lowest BCUT2D eigenvalue weighted by atomic mass is 10.5. The third-order valence-corrected chi connectivity index (χ3v) is 1.52. The lowest BCUT2D eigenvalue weighted by Gasteiger charge is -2.22. The first-order valence-electron chi connectivity index (χ1n) is 3.73. The molecule has 5 heteroatoms. The van der Waals surface area contributed by atoms with Crippen molar-refractivity contribution in [1.82, 2.24) is 9.80 Å². The number of likely N-dealkylation sites (N-methyl/N-ethyl adjacent to an activating group) is 1. The van der Waals surface area contributed by atoms with Crippen molar-refractivity contribution in [3.63, 3.8) is 0 Å². The van der Waals surface area contributed by atoms with Crippen molar-refractivity contribution in [2.24, 2.45) is 5.73 Å². The van der Waals surface area contributed by atoms with Gasteiger partial charge in [-0.15, -0.1) is 0 Å². The molecule has 0 saturated heterocycles. The van der Waals surface area contributed by atoms with Crippen molar-refractivity contribution in [1.29, 1.82) is 0 Å². The first kappa shape index (κ1) is 10.7. The molecule has 0 aliphatic carbocycles. The second kappa shape index (κ2) is 4.58. The number of nitrogens with two attached hydrogens (primary N) is 1. The van der Waals surface area contributed by atoms with E-state index >= 15 is 0 Å². The van der Waals surface area contributed by atoms with E-state index in [1.54, 1.807) is 14.1 Å². The molecule has 0 spiro atoms. The number of hydrogen-bond acceptors (Lipinski definition) is 2. The highest BCUT2D eigenvalue weighted by Crippen LogP contribution is 1.91. The Labute approximate surface area is 72.1 Å². The van der Waals surface area contributed by atoms with E-state index in [4.69, 9.17) is 5.73 Å². The summed E-state index contributed by atoms with van der Waals surface area (Å²) >= 11 is 0. The summed E-state index contributed by atoms with van der Waals surface area (Å²) in [6.07, 6.45) is 0. The van der Waals surface area contributed by atoms with Gasteiger partial charge in [-0.2, -0.15) is 0 Å². The summed E-state index contributed by atoms with van der Waals surface area (Å²) in [5.74, 6) is -0.504. The summed E-state index contributed by atoms with van der Waals surface area (Å²) in [5, 5.41) is 0. The van der Waals surface area contributed by atoms with Crippen molar-refractivity contribution >= 4 is 11.9 Å². The van der Waals surface area contributed by atoms with Crippen LogP contribution in [0.25, 0.3) is 0 Å². The van der Waals surface area contributed by atoms with Gasteiger partial charge < -0.3 is 15.5 Å². The number of nitrogens with zero attached hydrogens (tertiary/aromatic N) is 2. The SMILES string of the molecule is CCN(C)C(=O)N(C)CC(N)=O. The maximum atomic E-state index is 11.3. The van der Waals surface area contributed by atoms with Crippen LogP contribution in [0.2, 0.25) is 0 Å². The molecule has 0 rings (SSSR count). The van der Waals surface area contributed by atoms with Gasteiger partial charge >= 0.3 is 6.03 Å². The number of carbonyl (C=O) groups excluding carboxylic acids is 2. The van der Waals surface area contributed by atoms with E-state index in [0.29, 0.717) is 6.54 Å². The van der Waals surface area contributed by atoms with Crippen LogP contribution in [-0.4, -0.2) is 48.9 Å². The van der Waals surface area contributed by atoms with Crippen LogP contribution in [0.4, 0.5) is 4.79 Å². The molecule has 0 saturated carbocycles. The first-order valence-corrected chi connectivity index (χ1v) is 3.73. The zero-order valence-corrected chi connectivity index (χ0v) is 7.70. The van der Waals surface area contributed by atoms with Crippen molar-refractivity contribution in [2.75, 3.05) is 27.2 Å². The van der Waals surface area contributed by atoms with Crippen molar-refractivity contribution in [3.05, 3.63) is 0 Å². The molecule has 2 N–H and O–H groups in total. The minimum atomic E-state index is -0.504. The highest BCUT2D eigenvalue weighted by molar-refractivity contribution is 5.82. The summed E-state index contributed by atoms with van der Waals surface area (Å²) in [6, 6.07) is -0.198. The van der Waals surface area contributed by atoms with Gasteiger partial charge in [0, 0.05) is 20.6 Å². The van der Waals surface area contributed by atoms with Crippen molar-refractivity contribution in [2.45, 2.75) is 6.92 Å². The van der Waals surface area contributed by atoms with Gasteiger partial charge in [0.2, 0.25) is 5.91 Å². The monoisotopic (exact) mass is 173 g/mol. The Kier molecular flexibility index (Phi) is 4.10. The molecule has 0 aromatic carbocycles. The van der Waals surface area contributed by atoms with E-state index in [-0.39, 0.29) is 12.6 Å². The summed E-state index contributed by atoms with van der Waals surface area (Å²) in [4.78, 5) is 24.5. The molecule has 0 unspecified atom stereocenters. The standard InChI is InChI=1S/C7H15N3O2/c1-4-9(2)7(12)10(3)5-6(8)11/h4-5H2,1-3H3,(H2,8,11).